The van der Waals surface area contributed by atoms with Crippen LogP contribution in [0.2, 0.25) is 0 Å². The van der Waals surface area contributed by atoms with Gasteiger partial charge in [-0.15, -0.1) is 0 Å². The number of hydrogen-bond acceptors (Lipinski definition) is 6. The Hall–Kier alpha value is -3.81. The molecule has 1 unspecified atom stereocenters. The van der Waals surface area contributed by atoms with Crippen molar-refractivity contribution in [2.24, 2.45) is 0 Å². The molecule has 1 heterocycles. The van der Waals surface area contributed by atoms with Crippen LogP contribution < -0.4 is 25.1 Å². The molecule has 1 N–H and O–H groups in total. The van der Waals surface area contributed by atoms with Gasteiger partial charge in [0, 0.05) is 24.2 Å². The number of aromatic nitrogens is 2. The van der Waals surface area contributed by atoms with Crippen LogP contribution in [0.3, 0.4) is 0 Å². The van der Waals surface area contributed by atoms with Crippen LogP contribution in [0, 0.1) is 0 Å². The summed E-state index contributed by atoms with van der Waals surface area (Å²) in [7, 11) is 0. The molecule has 174 valence electrons. The van der Waals surface area contributed by atoms with E-state index in [9.17, 15) is 9.59 Å². The minimum atomic E-state index is -0.707. The number of hydrogen-bond donors (Lipinski definition) is 1. The Morgan fingerprint density at radius 1 is 0.970 bits per heavy atom. The second-order valence-corrected chi connectivity index (χ2v) is 7.20. The number of benzene rings is 2. The van der Waals surface area contributed by atoms with Gasteiger partial charge in [0.15, 0.2) is 6.10 Å². The minimum Gasteiger partial charge on any atom is -0.494 e. The lowest BCUT2D eigenvalue weighted by atomic mass is 10.1. The first-order chi connectivity index (χ1) is 16.0. The predicted octanol–water partition coefficient (Wildman–Crippen LogP) is 3.29. The second kappa shape index (κ2) is 11.7. The van der Waals surface area contributed by atoms with Crippen molar-refractivity contribution < 1.29 is 19.0 Å². The molecule has 0 radical (unpaired) electrons. The Morgan fingerprint density at radius 2 is 1.67 bits per heavy atom. The van der Waals surface area contributed by atoms with Crippen LogP contribution in [-0.2, 0) is 11.3 Å². The summed E-state index contributed by atoms with van der Waals surface area (Å²) in [6, 6.07) is 17.8. The van der Waals surface area contributed by atoms with Crippen LogP contribution in [0.5, 0.6) is 17.2 Å². The number of carbonyl (C=O) groups excluding carboxylic acids is 1. The van der Waals surface area contributed by atoms with E-state index in [0.717, 1.165) is 11.3 Å². The fraction of sp³-hybridized carbons (Fsp3) is 0.320. The normalized spacial score (nSPS) is 11.5. The Morgan fingerprint density at radius 3 is 2.39 bits per heavy atom. The lowest BCUT2D eigenvalue weighted by Gasteiger charge is -2.15. The van der Waals surface area contributed by atoms with E-state index in [1.54, 1.807) is 31.2 Å². The molecule has 33 heavy (non-hydrogen) atoms. The largest absolute Gasteiger partial charge is 0.494 e. The van der Waals surface area contributed by atoms with Crippen LogP contribution in [0.1, 0.15) is 20.8 Å². The molecule has 0 fully saturated rings. The van der Waals surface area contributed by atoms with Crippen molar-refractivity contribution >= 4 is 5.91 Å². The van der Waals surface area contributed by atoms with Crippen molar-refractivity contribution in [2.45, 2.75) is 33.4 Å². The first kappa shape index (κ1) is 23.8. The number of amides is 1. The number of ether oxygens (including phenoxy) is 3. The molecular weight excluding hydrogens is 422 g/mol. The zero-order chi connectivity index (χ0) is 23.6. The maximum atomic E-state index is 12.4. The molecule has 1 aromatic heterocycles. The number of nitrogens with zero attached hydrogens (tertiary/aromatic N) is 2. The van der Waals surface area contributed by atoms with Gasteiger partial charge in [-0.25, -0.2) is 4.68 Å². The maximum absolute atomic E-state index is 12.4. The molecule has 8 nitrogen and oxygen atoms in total. The van der Waals surface area contributed by atoms with Crippen LogP contribution >= 0.6 is 0 Å². The van der Waals surface area contributed by atoms with Gasteiger partial charge < -0.3 is 19.5 Å². The first-order valence-corrected chi connectivity index (χ1v) is 11.0. The quantitative estimate of drug-likeness (QED) is 0.481. The highest BCUT2D eigenvalue weighted by molar-refractivity contribution is 5.80. The topological polar surface area (TPSA) is 91.7 Å². The molecule has 8 heteroatoms. The molecule has 0 bridgehead atoms. The molecule has 1 atom stereocenters. The smallest absolute Gasteiger partial charge is 0.266 e. The molecule has 0 spiro atoms. The zero-order valence-electron chi connectivity index (χ0n) is 19.1. The summed E-state index contributed by atoms with van der Waals surface area (Å²) in [5.74, 6) is 1.72. The van der Waals surface area contributed by atoms with Crippen LogP contribution in [-0.4, -0.2) is 41.6 Å². The van der Waals surface area contributed by atoms with E-state index in [-0.39, 0.29) is 24.6 Å². The van der Waals surface area contributed by atoms with E-state index in [1.165, 1.54) is 10.7 Å². The summed E-state index contributed by atoms with van der Waals surface area (Å²) in [5.41, 5.74) is 1.29. The monoisotopic (exact) mass is 451 g/mol. The Bertz CT molecular complexity index is 1110. The highest BCUT2D eigenvalue weighted by atomic mass is 16.5. The van der Waals surface area contributed by atoms with E-state index in [1.807, 2.05) is 44.2 Å². The fourth-order valence-corrected chi connectivity index (χ4v) is 3.14. The fourth-order valence-electron chi connectivity index (χ4n) is 3.14. The average Bonchev–Trinajstić information content (AvgIpc) is 2.81. The Labute approximate surface area is 193 Å². The lowest BCUT2D eigenvalue weighted by molar-refractivity contribution is -0.127. The summed E-state index contributed by atoms with van der Waals surface area (Å²) >= 11 is 0. The molecule has 0 aliphatic rings. The minimum absolute atomic E-state index is 0.238. The third kappa shape index (κ3) is 6.83. The van der Waals surface area contributed by atoms with Gasteiger partial charge in [0.1, 0.15) is 17.2 Å². The third-order valence-corrected chi connectivity index (χ3v) is 4.75. The molecule has 3 aromatic rings. The van der Waals surface area contributed by atoms with Crippen LogP contribution in [0.4, 0.5) is 0 Å². The van der Waals surface area contributed by atoms with Gasteiger partial charge in [-0.05, 0) is 63.2 Å². The van der Waals surface area contributed by atoms with Gasteiger partial charge >= 0.3 is 0 Å². The molecule has 2 aromatic carbocycles. The number of nitrogens with one attached hydrogen (secondary N) is 1. The molecule has 0 saturated heterocycles. The van der Waals surface area contributed by atoms with E-state index in [2.05, 4.69) is 10.4 Å². The Balaban J connectivity index is 1.56. The molecule has 0 aliphatic heterocycles. The molecule has 0 aliphatic carbocycles. The Kier molecular flexibility index (Phi) is 8.46. The van der Waals surface area contributed by atoms with E-state index in [4.69, 9.17) is 14.2 Å². The van der Waals surface area contributed by atoms with Crippen LogP contribution in [0.15, 0.2) is 65.5 Å². The van der Waals surface area contributed by atoms with Crippen molar-refractivity contribution in [3.05, 3.63) is 71.0 Å². The summed E-state index contributed by atoms with van der Waals surface area (Å²) < 4.78 is 17.9. The summed E-state index contributed by atoms with van der Waals surface area (Å²) in [6.07, 6.45) is -0.707. The van der Waals surface area contributed by atoms with Crippen molar-refractivity contribution in [2.75, 3.05) is 19.8 Å². The van der Waals surface area contributed by atoms with Crippen molar-refractivity contribution in [3.63, 3.8) is 0 Å². The average molecular weight is 452 g/mol. The number of carbonyl (C=O) groups is 1. The summed E-state index contributed by atoms with van der Waals surface area (Å²) in [5, 5.41) is 7.21. The highest BCUT2D eigenvalue weighted by Gasteiger charge is 2.15. The second-order valence-electron chi connectivity index (χ2n) is 7.20. The zero-order valence-corrected chi connectivity index (χ0v) is 19.1. The van der Waals surface area contributed by atoms with Gasteiger partial charge in [0.05, 0.1) is 25.5 Å². The lowest BCUT2D eigenvalue weighted by Crippen LogP contribution is -2.39. The standard InChI is InChI=1S/C25H29N3O5/c1-4-31-20-11-9-19(10-12-20)23-13-14-24(29)28(27-23)16-15-26-25(30)18(3)33-22-8-6-7-21(17-22)32-5-2/h6-14,17-18H,4-5,15-16H2,1-3H3,(H,26,30). The van der Waals surface area contributed by atoms with Gasteiger partial charge in [-0.2, -0.15) is 5.10 Å². The van der Waals surface area contributed by atoms with Gasteiger partial charge in [0.2, 0.25) is 0 Å². The highest BCUT2D eigenvalue weighted by Crippen LogP contribution is 2.21. The SMILES string of the molecule is CCOc1ccc(-c2ccc(=O)n(CCNC(=O)C(C)Oc3cccc(OCC)c3)n2)cc1. The maximum Gasteiger partial charge on any atom is 0.266 e. The summed E-state index contributed by atoms with van der Waals surface area (Å²) in [6.45, 7) is 7.12. The molecular formula is C25H29N3O5. The third-order valence-electron chi connectivity index (χ3n) is 4.75. The van der Waals surface area contributed by atoms with Gasteiger partial charge in [-0.1, -0.05) is 6.07 Å². The van der Waals surface area contributed by atoms with Crippen molar-refractivity contribution in [3.8, 4) is 28.5 Å². The summed E-state index contributed by atoms with van der Waals surface area (Å²) in [4.78, 5) is 24.6. The van der Waals surface area contributed by atoms with Crippen LogP contribution in [0.25, 0.3) is 11.3 Å². The van der Waals surface area contributed by atoms with Gasteiger partial charge in [-0.3, -0.25) is 9.59 Å². The first-order valence-electron chi connectivity index (χ1n) is 11.0. The predicted molar refractivity (Wildman–Crippen MR) is 126 cm³/mol. The van der Waals surface area contributed by atoms with Crippen molar-refractivity contribution in [1.82, 2.24) is 15.1 Å². The van der Waals surface area contributed by atoms with E-state index >= 15 is 0 Å². The number of rotatable bonds is 11. The van der Waals surface area contributed by atoms with E-state index < -0.39 is 6.10 Å². The molecule has 0 saturated carbocycles. The van der Waals surface area contributed by atoms with Crippen molar-refractivity contribution in [1.29, 1.82) is 0 Å². The van der Waals surface area contributed by atoms with Gasteiger partial charge in [0.25, 0.3) is 11.5 Å². The molecule has 3 rings (SSSR count). The molecule has 1 amide bonds. The van der Waals surface area contributed by atoms with E-state index in [0.29, 0.717) is 30.4 Å².